The van der Waals surface area contributed by atoms with Gasteiger partial charge in [-0.1, -0.05) is 0 Å². The molecule has 1 atom stereocenters. The second kappa shape index (κ2) is 5.82. The standard InChI is InChI=1S/C12H20N4O/c1-2-17-11-5-6-14-12(15-11)16-7-3-4-10(8-13)9-16/h5-6,10H,2-4,7-9,13H2,1H3. The molecule has 17 heavy (non-hydrogen) atoms. The molecule has 0 saturated carbocycles. The largest absolute Gasteiger partial charge is 0.478 e. The van der Waals surface area contributed by atoms with Crippen molar-refractivity contribution < 1.29 is 4.74 Å². The van der Waals surface area contributed by atoms with Crippen LogP contribution < -0.4 is 15.4 Å². The molecule has 2 heterocycles. The zero-order chi connectivity index (χ0) is 12.1. The number of ether oxygens (including phenoxy) is 1. The van der Waals surface area contributed by atoms with E-state index in [1.807, 2.05) is 6.92 Å². The maximum absolute atomic E-state index is 5.73. The summed E-state index contributed by atoms with van der Waals surface area (Å²) in [6.07, 6.45) is 4.11. The normalized spacial score (nSPS) is 20.4. The maximum atomic E-state index is 5.73. The van der Waals surface area contributed by atoms with Gasteiger partial charge < -0.3 is 15.4 Å². The van der Waals surface area contributed by atoms with E-state index in [0.29, 0.717) is 18.4 Å². The first-order valence-corrected chi connectivity index (χ1v) is 6.24. The summed E-state index contributed by atoms with van der Waals surface area (Å²) in [6.45, 7) is 5.27. The average molecular weight is 236 g/mol. The molecule has 2 N–H and O–H groups in total. The van der Waals surface area contributed by atoms with Crippen LogP contribution in [0, 0.1) is 5.92 Å². The van der Waals surface area contributed by atoms with Gasteiger partial charge in [0.25, 0.3) is 0 Å². The summed E-state index contributed by atoms with van der Waals surface area (Å²) in [6, 6.07) is 1.79. The monoisotopic (exact) mass is 236 g/mol. The van der Waals surface area contributed by atoms with E-state index >= 15 is 0 Å². The van der Waals surface area contributed by atoms with Crippen LogP contribution in [0.5, 0.6) is 5.88 Å². The van der Waals surface area contributed by atoms with Crippen LogP contribution in [0.4, 0.5) is 5.95 Å². The molecule has 5 heteroatoms. The van der Waals surface area contributed by atoms with E-state index < -0.39 is 0 Å². The van der Waals surface area contributed by atoms with Crippen LogP contribution in [-0.2, 0) is 0 Å². The zero-order valence-corrected chi connectivity index (χ0v) is 10.3. The second-order valence-corrected chi connectivity index (χ2v) is 4.32. The fraction of sp³-hybridized carbons (Fsp3) is 0.667. The number of rotatable bonds is 4. The van der Waals surface area contributed by atoms with Gasteiger partial charge >= 0.3 is 0 Å². The summed E-state index contributed by atoms with van der Waals surface area (Å²) in [7, 11) is 0. The van der Waals surface area contributed by atoms with Gasteiger partial charge in [-0.25, -0.2) is 4.98 Å². The Labute approximate surface area is 102 Å². The van der Waals surface area contributed by atoms with Crippen molar-refractivity contribution in [2.45, 2.75) is 19.8 Å². The molecule has 94 valence electrons. The molecule has 5 nitrogen and oxygen atoms in total. The van der Waals surface area contributed by atoms with Crippen molar-refractivity contribution in [3.63, 3.8) is 0 Å². The predicted octanol–water partition coefficient (Wildman–Crippen LogP) is 1.05. The lowest BCUT2D eigenvalue weighted by molar-refractivity contribution is 0.325. The third kappa shape index (κ3) is 3.06. The Morgan fingerprint density at radius 1 is 1.59 bits per heavy atom. The Morgan fingerprint density at radius 2 is 2.47 bits per heavy atom. The molecule has 1 saturated heterocycles. The molecule has 1 unspecified atom stereocenters. The lowest BCUT2D eigenvalue weighted by atomic mass is 9.99. The quantitative estimate of drug-likeness (QED) is 0.846. The minimum atomic E-state index is 0.558. The summed E-state index contributed by atoms with van der Waals surface area (Å²) in [5.74, 6) is 1.96. The number of nitrogens with zero attached hydrogens (tertiary/aromatic N) is 3. The summed E-state index contributed by atoms with van der Waals surface area (Å²) in [4.78, 5) is 10.9. The van der Waals surface area contributed by atoms with Crippen molar-refractivity contribution in [3.8, 4) is 5.88 Å². The molecule has 1 fully saturated rings. The van der Waals surface area contributed by atoms with E-state index in [1.54, 1.807) is 12.3 Å². The van der Waals surface area contributed by atoms with Crippen LogP contribution in [0.1, 0.15) is 19.8 Å². The van der Waals surface area contributed by atoms with Gasteiger partial charge in [-0.2, -0.15) is 4.98 Å². The van der Waals surface area contributed by atoms with Gasteiger partial charge in [0, 0.05) is 25.4 Å². The molecule has 1 aromatic heterocycles. The summed E-state index contributed by atoms with van der Waals surface area (Å²) in [5, 5.41) is 0. The van der Waals surface area contributed by atoms with Crippen molar-refractivity contribution in [1.29, 1.82) is 0 Å². The molecular weight excluding hydrogens is 216 g/mol. The molecule has 1 aromatic rings. The Bertz CT molecular complexity index is 358. The third-order valence-electron chi connectivity index (χ3n) is 3.04. The van der Waals surface area contributed by atoms with Gasteiger partial charge in [-0.05, 0) is 32.2 Å². The van der Waals surface area contributed by atoms with Gasteiger partial charge in [-0.3, -0.25) is 0 Å². The first-order valence-electron chi connectivity index (χ1n) is 6.24. The summed E-state index contributed by atoms with van der Waals surface area (Å²) >= 11 is 0. The second-order valence-electron chi connectivity index (χ2n) is 4.32. The van der Waals surface area contributed by atoms with E-state index in [-0.39, 0.29) is 0 Å². The number of hydrogen-bond acceptors (Lipinski definition) is 5. The summed E-state index contributed by atoms with van der Waals surface area (Å²) < 4.78 is 5.39. The van der Waals surface area contributed by atoms with Crippen molar-refractivity contribution in [2.75, 3.05) is 31.1 Å². The summed E-state index contributed by atoms with van der Waals surface area (Å²) in [5.41, 5.74) is 5.73. The Hall–Kier alpha value is -1.36. The van der Waals surface area contributed by atoms with E-state index in [0.717, 1.165) is 32.0 Å². The number of aromatic nitrogens is 2. The number of piperidine rings is 1. The van der Waals surface area contributed by atoms with Gasteiger partial charge in [0.1, 0.15) is 0 Å². The molecule has 1 aliphatic rings. The van der Waals surface area contributed by atoms with Crippen molar-refractivity contribution in [2.24, 2.45) is 11.7 Å². The average Bonchev–Trinajstić information content (AvgIpc) is 2.40. The van der Waals surface area contributed by atoms with Crippen LogP contribution in [0.3, 0.4) is 0 Å². The highest BCUT2D eigenvalue weighted by molar-refractivity contribution is 5.32. The van der Waals surface area contributed by atoms with E-state index in [2.05, 4.69) is 14.9 Å². The molecular formula is C12H20N4O. The fourth-order valence-corrected chi connectivity index (χ4v) is 2.15. The smallest absolute Gasteiger partial charge is 0.228 e. The van der Waals surface area contributed by atoms with Crippen molar-refractivity contribution >= 4 is 5.95 Å². The minimum absolute atomic E-state index is 0.558. The SMILES string of the molecule is CCOc1ccnc(N2CCCC(CN)C2)n1. The lowest BCUT2D eigenvalue weighted by Crippen LogP contribution is -2.39. The third-order valence-corrected chi connectivity index (χ3v) is 3.04. The van der Waals surface area contributed by atoms with Crippen LogP contribution in [0.15, 0.2) is 12.3 Å². The molecule has 2 rings (SSSR count). The maximum Gasteiger partial charge on any atom is 0.228 e. The molecule has 1 aliphatic heterocycles. The van der Waals surface area contributed by atoms with Gasteiger partial charge in [0.15, 0.2) is 0 Å². The van der Waals surface area contributed by atoms with E-state index in [9.17, 15) is 0 Å². The predicted molar refractivity (Wildman–Crippen MR) is 67.2 cm³/mol. The highest BCUT2D eigenvalue weighted by atomic mass is 16.5. The molecule has 0 aliphatic carbocycles. The van der Waals surface area contributed by atoms with Crippen LogP contribution in [0.25, 0.3) is 0 Å². The highest BCUT2D eigenvalue weighted by Gasteiger charge is 2.20. The lowest BCUT2D eigenvalue weighted by Gasteiger charge is -2.32. The Morgan fingerprint density at radius 3 is 3.24 bits per heavy atom. The molecule has 0 aromatic carbocycles. The van der Waals surface area contributed by atoms with Gasteiger partial charge in [-0.15, -0.1) is 0 Å². The molecule has 0 radical (unpaired) electrons. The van der Waals surface area contributed by atoms with Crippen LogP contribution in [-0.4, -0.2) is 36.2 Å². The topological polar surface area (TPSA) is 64.3 Å². The number of nitrogens with two attached hydrogens (primary N) is 1. The molecule has 0 amide bonds. The zero-order valence-electron chi connectivity index (χ0n) is 10.3. The first kappa shape index (κ1) is 12.1. The van der Waals surface area contributed by atoms with E-state index in [1.165, 1.54) is 6.42 Å². The Kier molecular flexibility index (Phi) is 4.14. The van der Waals surface area contributed by atoms with E-state index in [4.69, 9.17) is 10.5 Å². The van der Waals surface area contributed by atoms with Gasteiger partial charge in [0.2, 0.25) is 11.8 Å². The molecule has 0 spiro atoms. The number of anilines is 1. The van der Waals surface area contributed by atoms with Crippen LogP contribution >= 0.6 is 0 Å². The first-order chi connectivity index (χ1) is 8.33. The van der Waals surface area contributed by atoms with Crippen LogP contribution in [0.2, 0.25) is 0 Å². The van der Waals surface area contributed by atoms with Crippen molar-refractivity contribution in [1.82, 2.24) is 9.97 Å². The highest BCUT2D eigenvalue weighted by Crippen LogP contribution is 2.20. The fourth-order valence-electron chi connectivity index (χ4n) is 2.15. The van der Waals surface area contributed by atoms with Gasteiger partial charge in [0.05, 0.1) is 6.61 Å². The minimum Gasteiger partial charge on any atom is -0.478 e. The number of hydrogen-bond donors (Lipinski definition) is 1. The molecule has 0 bridgehead atoms. The Balaban J connectivity index is 2.07. The van der Waals surface area contributed by atoms with Crippen molar-refractivity contribution in [3.05, 3.63) is 12.3 Å².